The van der Waals surface area contributed by atoms with Crippen molar-refractivity contribution < 1.29 is 0 Å². The molecule has 0 amide bonds. The highest BCUT2D eigenvalue weighted by Gasteiger charge is 2.19. The third-order valence-corrected chi connectivity index (χ3v) is 12.6. The van der Waals surface area contributed by atoms with Gasteiger partial charge in [-0.1, -0.05) is 176 Å². The number of rotatable bonds is 7. The van der Waals surface area contributed by atoms with E-state index in [0.717, 1.165) is 22.7 Å². The van der Waals surface area contributed by atoms with Crippen molar-refractivity contribution in [3.8, 4) is 39.1 Å². The monoisotopic (exact) mass is 788 g/mol. The van der Waals surface area contributed by atoms with Gasteiger partial charge in [0.05, 0.1) is 11.0 Å². The van der Waals surface area contributed by atoms with Crippen molar-refractivity contribution in [2.45, 2.75) is 0 Å². The second-order valence-electron chi connectivity index (χ2n) is 16.1. The Morgan fingerprint density at radius 3 is 1.15 bits per heavy atom. The number of nitrogens with zero attached hydrogens (tertiary/aromatic N) is 2. The Morgan fingerprint density at radius 1 is 0.226 bits per heavy atom. The highest BCUT2D eigenvalue weighted by Crippen LogP contribution is 2.44. The van der Waals surface area contributed by atoms with Crippen molar-refractivity contribution in [2.75, 3.05) is 4.90 Å². The van der Waals surface area contributed by atoms with Crippen LogP contribution in [0.4, 0.5) is 17.1 Å². The maximum Gasteiger partial charge on any atom is 0.0547 e. The molecule has 0 saturated heterocycles. The molecule has 0 aliphatic rings. The minimum absolute atomic E-state index is 1.10. The molecule has 0 aliphatic heterocycles. The molecule has 2 heteroatoms. The van der Waals surface area contributed by atoms with Crippen LogP contribution in [0.1, 0.15) is 0 Å². The third kappa shape index (κ3) is 6.04. The molecule has 290 valence electrons. The molecule has 12 rings (SSSR count). The van der Waals surface area contributed by atoms with Crippen molar-refractivity contribution in [1.82, 2.24) is 4.57 Å². The lowest BCUT2D eigenvalue weighted by atomic mass is 9.92. The predicted octanol–water partition coefficient (Wildman–Crippen LogP) is 16.7. The van der Waals surface area contributed by atoms with Gasteiger partial charge >= 0.3 is 0 Å². The quantitative estimate of drug-likeness (QED) is 0.146. The minimum Gasteiger partial charge on any atom is -0.310 e. The van der Waals surface area contributed by atoms with Crippen LogP contribution in [0.2, 0.25) is 0 Å². The van der Waals surface area contributed by atoms with E-state index in [0.29, 0.717) is 0 Å². The normalized spacial score (nSPS) is 11.5. The van der Waals surface area contributed by atoms with Crippen LogP contribution in [0.15, 0.2) is 243 Å². The van der Waals surface area contributed by atoms with Gasteiger partial charge in [0, 0.05) is 33.5 Å². The molecule has 62 heavy (non-hydrogen) atoms. The van der Waals surface area contributed by atoms with Crippen molar-refractivity contribution >= 4 is 71.2 Å². The van der Waals surface area contributed by atoms with Gasteiger partial charge in [-0.05, 0) is 132 Å². The minimum atomic E-state index is 1.10. The molecule has 0 N–H and O–H groups in total. The van der Waals surface area contributed by atoms with Crippen LogP contribution in [0.25, 0.3) is 93.2 Å². The summed E-state index contributed by atoms with van der Waals surface area (Å²) in [6, 6.07) is 88.4. The maximum absolute atomic E-state index is 2.44. The molecule has 0 bridgehead atoms. The molecular weight excluding hydrogens is 749 g/mol. The fourth-order valence-corrected chi connectivity index (χ4v) is 9.57. The number of anilines is 3. The lowest BCUT2D eigenvalue weighted by Crippen LogP contribution is -2.10. The van der Waals surface area contributed by atoms with Crippen LogP contribution in [0.3, 0.4) is 0 Å². The smallest absolute Gasteiger partial charge is 0.0547 e. The number of fused-ring (bicyclic) bond motifs is 9. The molecule has 1 heterocycles. The SMILES string of the molecule is c1ccc(-c2ccc(N(c3ccc(-c4ccccc4)cc3)c3ccc4c(c3)c3ccccc3c3cc5c(cc43)c3ccccc3n5-c3ccc(-c4ccccc4)cc3)cc2)cc1. The van der Waals surface area contributed by atoms with E-state index >= 15 is 0 Å². The van der Waals surface area contributed by atoms with Crippen LogP contribution in [0.5, 0.6) is 0 Å². The zero-order valence-electron chi connectivity index (χ0n) is 34.0. The van der Waals surface area contributed by atoms with Gasteiger partial charge in [-0.2, -0.15) is 0 Å². The van der Waals surface area contributed by atoms with E-state index in [2.05, 4.69) is 252 Å². The van der Waals surface area contributed by atoms with Crippen molar-refractivity contribution in [1.29, 1.82) is 0 Å². The highest BCUT2D eigenvalue weighted by atomic mass is 15.1. The van der Waals surface area contributed by atoms with Gasteiger partial charge in [-0.3, -0.25) is 0 Å². The average molecular weight is 789 g/mol. The maximum atomic E-state index is 2.44. The Morgan fingerprint density at radius 2 is 0.613 bits per heavy atom. The summed E-state index contributed by atoms with van der Waals surface area (Å²) in [5, 5.41) is 9.97. The average Bonchev–Trinajstić information content (AvgIpc) is 3.68. The molecule has 0 atom stereocenters. The zero-order chi connectivity index (χ0) is 41.0. The predicted molar refractivity (Wildman–Crippen MR) is 264 cm³/mol. The summed E-state index contributed by atoms with van der Waals surface area (Å²) in [5.41, 5.74) is 14.1. The number of hydrogen-bond acceptors (Lipinski definition) is 1. The summed E-state index contributed by atoms with van der Waals surface area (Å²) in [4.78, 5) is 2.39. The van der Waals surface area contributed by atoms with E-state index in [9.17, 15) is 0 Å². The Labute approximate surface area is 360 Å². The molecular formula is C60H40N2. The van der Waals surface area contributed by atoms with Crippen LogP contribution in [0, 0.1) is 0 Å². The number of para-hydroxylation sites is 1. The van der Waals surface area contributed by atoms with Crippen LogP contribution >= 0.6 is 0 Å². The molecule has 12 aromatic rings. The highest BCUT2D eigenvalue weighted by molar-refractivity contribution is 6.29. The van der Waals surface area contributed by atoms with Crippen molar-refractivity contribution in [2.24, 2.45) is 0 Å². The van der Waals surface area contributed by atoms with Crippen LogP contribution in [-0.2, 0) is 0 Å². The largest absolute Gasteiger partial charge is 0.310 e. The zero-order valence-corrected chi connectivity index (χ0v) is 34.0. The Balaban J connectivity index is 1.04. The second-order valence-corrected chi connectivity index (χ2v) is 16.1. The van der Waals surface area contributed by atoms with Gasteiger partial charge in [0.25, 0.3) is 0 Å². The van der Waals surface area contributed by atoms with Crippen LogP contribution in [-0.4, -0.2) is 4.57 Å². The van der Waals surface area contributed by atoms with E-state index in [1.165, 1.54) is 87.5 Å². The first kappa shape index (κ1) is 35.7. The van der Waals surface area contributed by atoms with Crippen molar-refractivity contribution in [3.63, 3.8) is 0 Å². The van der Waals surface area contributed by atoms with Gasteiger partial charge in [-0.25, -0.2) is 0 Å². The lowest BCUT2D eigenvalue weighted by Gasteiger charge is -2.27. The van der Waals surface area contributed by atoms with Gasteiger partial charge in [-0.15, -0.1) is 0 Å². The molecule has 2 nitrogen and oxygen atoms in total. The lowest BCUT2D eigenvalue weighted by molar-refractivity contribution is 1.18. The van der Waals surface area contributed by atoms with Gasteiger partial charge < -0.3 is 9.47 Å². The molecule has 0 spiro atoms. The summed E-state index contributed by atoms with van der Waals surface area (Å²) >= 11 is 0. The summed E-state index contributed by atoms with van der Waals surface area (Å²) in [6.07, 6.45) is 0. The first-order chi connectivity index (χ1) is 30.7. The second kappa shape index (κ2) is 14.8. The summed E-state index contributed by atoms with van der Waals surface area (Å²) in [5.74, 6) is 0. The summed E-state index contributed by atoms with van der Waals surface area (Å²) < 4.78 is 2.44. The topological polar surface area (TPSA) is 8.17 Å². The van der Waals surface area contributed by atoms with Crippen molar-refractivity contribution in [3.05, 3.63) is 243 Å². The summed E-state index contributed by atoms with van der Waals surface area (Å²) in [6.45, 7) is 0. The molecule has 0 saturated carbocycles. The Kier molecular flexibility index (Phi) is 8.53. The molecule has 0 fully saturated rings. The van der Waals surface area contributed by atoms with E-state index in [4.69, 9.17) is 0 Å². The Hall–Kier alpha value is -8.20. The van der Waals surface area contributed by atoms with Gasteiger partial charge in [0.2, 0.25) is 0 Å². The van der Waals surface area contributed by atoms with E-state index in [1.54, 1.807) is 0 Å². The summed E-state index contributed by atoms with van der Waals surface area (Å²) in [7, 11) is 0. The molecule has 11 aromatic carbocycles. The first-order valence-electron chi connectivity index (χ1n) is 21.3. The molecule has 0 aliphatic carbocycles. The number of benzene rings is 11. The molecule has 0 radical (unpaired) electrons. The van der Waals surface area contributed by atoms with Gasteiger partial charge in [0.1, 0.15) is 0 Å². The number of hydrogen-bond donors (Lipinski definition) is 0. The Bertz CT molecular complexity index is 3490. The number of aromatic nitrogens is 1. The third-order valence-electron chi connectivity index (χ3n) is 12.6. The molecule has 1 aromatic heterocycles. The van der Waals surface area contributed by atoms with Gasteiger partial charge in [0.15, 0.2) is 0 Å². The first-order valence-corrected chi connectivity index (χ1v) is 21.3. The van der Waals surface area contributed by atoms with E-state index < -0.39 is 0 Å². The molecule has 0 unspecified atom stereocenters. The fourth-order valence-electron chi connectivity index (χ4n) is 9.57. The van der Waals surface area contributed by atoms with Crippen LogP contribution < -0.4 is 4.90 Å². The van der Waals surface area contributed by atoms with E-state index in [1.807, 2.05) is 0 Å². The standard InChI is InChI=1S/C60H40N2/c1-4-14-41(15-5-1)44-24-30-47(31-25-44)61(48-32-26-45(27-33-48)42-16-6-2-7-17-42)50-36-37-53-55(38-50)51-20-10-11-21-52(51)57-40-60-58(39-56(53)57)54-22-12-13-23-59(54)62(60)49-34-28-46(29-35-49)43-18-8-3-9-19-43/h1-40H. The fraction of sp³-hybridized carbons (Fsp3) is 0. The van der Waals surface area contributed by atoms with E-state index in [-0.39, 0.29) is 0 Å².